The molecule has 1 aliphatic rings. The highest BCUT2D eigenvalue weighted by molar-refractivity contribution is 6.43. The van der Waals surface area contributed by atoms with Crippen LogP contribution in [0.1, 0.15) is 25.3 Å². The molecule has 0 bridgehead atoms. The number of carbonyl (C=O) groups excluding carboxylic acids is 3. The second-order valence-electron chi connectivity index (χ2n) is 5.69. The number of halogens is 5. The Morgan fingerprint density at radius 2 is 1.89 bits per heavy atom. The number of nitrogens with zero attached hydrogens (tertiary/aromatic N) is 1. The van der Waals surface area contributed by atoms with Crippen LogP contribution in [0, 0.1) is 5.92 Å². The molecule has 0 unspecified atom stereocenters. The SMILES string of the molecule is CCOC(=O)C(Cl)=Cc1cc(N2C(=O)CC(C(F)(F)F)CC2=O)ccc1Cl. The number of hydrogen-bond acceptors (Lipinski definition) is 4. The van der Waals surface area contributed by atoms with Crippen LogP contribution in [0.5, 0.6) is 0 Å². The molecule has 1 fully saturated rings. The molecule has 2 rings (SSSR count). The number of piperidine rings is 1. The van der Waals surface area contributed by atoms with E-state index in [9.17, 15) is 27.6 Å². The number of imide groups is 1. The maximum atomic E-state index is 12.8. The average molecular weight is 424 g/mol. The number of alkyl halides is 3. The molecule has 1 heterocycles. The van der Waals surface area contributed by atoms with E-state index in [2.05, 4.69) is 0 Å². The molecular weight excluding hydrogens is 410 g/mol. The first kappa shape index (κ1) is 21.2. The Morgan fingerprint density at radius 1 is 1.30 bits per heavy atom. The largest absolute Gasteiger partial charge is 0.462 e. The van der Waals surface area contributed by atoms with E-state index < -0.39 is 42.7 Å². The molecule has 5 nitrogen and oxygen atoms in total. The Kier molecular flexibility index (Phi) is 6.54. The van der Waals surface area contributed by atoms with Crippen molar-refractivity contribution in [2.75, 3.05) is 11.5 Å². The molecule has 0 aliphatic carbocycles. The Hall–Kier alpha value is -2.06. The minimum atomic E-state index is -4.63. The monoisotopic (exact) mass is 423 g/mol. The van der Waals surface area contributed by atoms with Crippen molar-refractivity contribution in [2.24, 2.45) is 5.92 Å². The smallest absolute Gasteiger partial charge is 0.392 e. The molecule has 1 aromatic rings. The predicted molar refractivity (Wildman–Crippen MR) is 93.2 cm³/mol. The minimum absolute atomic E-state index is 0.0367. The first-order valence-electron chi connectivity index (χ1n) is 7.81. The fourth-order valence-electron chi connectivity index (χ4n) is 2.51. The first-order chi connectivity index (χ1) is 12.5. The van der Waals surface area contributed by atoms with Gasteiger partial charge in [0.25, 0.3) is 0 Å². The number of ether oxygens (including phenoxy) is 1. The second-order valence-corrected chi connectivity index (χ2v) is 6.50. The van der Waals surface area contributed by atoms with Crippen LogP contribution in [0.3, 0.4) is 0 Å². The van der Waals surface area contributed by atoms with Crippen molar-refractivity contribution in [3.63, 3.8) is 0 Å². The molecule has 10 heteroatoms. The van der Waals surface area contributed by atoms with Gasteiger partial charge in [-0.15, -0.1) is 0 Å². The number of anilines is 1. The highest BCUT2D eigenvalue weighted by atomic mass is 35.5. The Balaban J connectivity index is 2.33. The van der Waals surface area contributed by atoms with E-state index in [1.807, 2.05) is 0 Å². The molecule has 27 heavy (non-hydrogen) atoms. The summed E-state index contributed by atoms with van der Waals surface area (Å²) in [4.78, 5) is 36.5. The van der Waals surface area contributed by atoms with Gasteiger partial charge in [0.1, 0.15) is 5.03 Å². The van der Waals surface area contributed by atoms with E-state index in [1.54, 1.807) is 6.92 Å². The normalized spacial score (nSPS) is 16.7. The molecule has 2 amide bonds. The van der Waals surface area contributed by atoms with Crippen molar-refractivity contribution in [3.8, 4) is 0 Å². The van der Waals surface area contributed by atoms with E-state index in [4.69, 9.17) is 27.9 Å². The van der Waals surface area contributed by atoms with Crippen molar-refractivity contribution in [1.82, 2.24) is 0 Å². The zero-order valence-corrected chi connectivity index (χ0v) is 15.5. The summed E-state index contributed by atoms with van der Waals surface area (Å²) in [6.07, 6.45) is -5.10. The van der Waals surface area contributed by atoms with E-state index >= 15 is 0 Å². The van der Waals surface area contributed by atoms with Crippen molar-refractivity contribution >= 4 is 52.7 Å². The number of rotatable bonds is 4. The van der Waals surface area contributed by atoms with Gasteiger partial charge in [-0.1, -0.05) is 23.2 Å². The maximum absolute atomic E-state index is 12.8. The lowest BCUT2D eigenvalue weighted by molar-refractivity contribution is -0.185. The molecule has 0 spiro atoms. The van der Waals surface area contributed by atoms with Crippen LogP contribution < -0.4 is 4.90 Å². The highest BCUT2D eigenvalue weighted by Crippen LogP contribution is 2.37. The molecule has 146 valence electrons. The zero-order chi connectivity index (χ0) is 20.4. The van der Waals surface area contributed by atoms with Gasteiger partial charge in [-0.2, -0.15) is 13.2 Å². The summed E-state index contributed by atoms with van der Waals surface area (Å²) in [5.74, 6) is -4.73. The van der Waals surface area contributed by atoms with Crippen LogP contribution in [-0.2, 0) is 19.1 Å². The van der Waals surface area contributed by atoms with Crippen LogP contribution in [0.4, 0.5) is 18.9 Å². The quantitative estimate of drug-likeness (QED) is 0.411. The number of benzene rings is 1. The Bertz CT molecular complexity index is 790. The van der Waals surface area contributed by atoms with Crippen molar-refractivity contribution in [3.05, 3.63) is 33.8 Å². The summed E-state index contributed by atoms with van der Waals surface area (Å²) < 4.78 is 43.2. The second kappa shape index (κ2) is 8.31. The van der Waals surface area contributed by atoms with Gasteiger partial charge in [0.2, 0.25) is 11.8 Å². The molecule has 1 aliphatic heterocycles. The van der Waals surface area contributed by atoms with Gasteiger partial charge in [-0.3, -0.25) is 14.5 Å². The summed E-state index contributed by atoms with van der Waals surface area (Å²) in [7, 11) is 0. The molecule has 0 radical (unpaired) electrons. The van der Waals surface area contributed by atoms with Crippen LogP contribution >= 0.6 is 23.2 Å². The fourth-order valence-corrected chi connectivity index (χ4v) is 2.86. The van der Waals surface area contributed by atoms with Gasteiger partial charge in [0.15, 0.2) is 0 Å². The van der Waals surface area contributed by atoms with E-state index in [0.717, 1.165) is 0 Å². The van der Waals surface area contributed by atoms with Crippen LogP contribution in [0.15, 0.2) is 23.2 Å². The average Bonchev–Trinajstić information content (AvgIpc) is 2.56. The lowest BCUT2D eigenvalue weighted by atomic mass is 9.94. The molecule has 1 aromatic carbocycles. The molecule has 0 atom stereocenters. The van der Waals surface area contributed by atoms with Crippen molar-refractivity contribution in [1.29, 1.82) is 0 Å². The summed E-state index contributed by atoms with van der Waals surface area (Å²) in [6, 6.07) is 3.95. The van der Waals surface area contributed by atoms with E-state index in [0.29, 0.717) is 4.90 Å². The van der Waals surface area contributed by atoms with Crippen LogP contribution in [-0.4, -0.2) is 30.6 Å². The third-order valence-electron chi connectivity index (χ3n) is 3.79. The first-order valence-corrected chi connectivity index (χ1v) is 8.56. The number of hydrogen-bond donors (Lipinski definition) is 0. The summed E-state index contributed by atoms with van der Waals surface area (Å²) >= 11 is 11.9. The van der Waals surface area contributed by atoms with Gasteiger partial charge < -0.3 is 4.74 Å². The van der Waals surface area contributed by atoms with Gasteiger partial charge in [0, 0.05) is 17.9 Å². The summed E-state index contributed by atoms with van der Waals surface area (Å²) in [5.41, 5.74) is 0.236. The topological polar surface area (TPSA) is 63.7 Å². The van der Waals surface area contributed by atoms with Gasteiger partial charge in [-0.25, -0.2) is 4.79 Å². The van der Waals surface area contributed by atoms with Crippen molar-refractivity contribution < 1.29 is 32.3 Å². The summed E-state index contributed by atoms with van der Waals surface area (Å²) in [6.45, 7) is 1.70. The standard InChI is InChI=1S/C17H14Cl2F3NO4/c1-2-27-16(26)13(19)6-9-5-11(3-4-12(9)18)23-14(24)7-10(8-15(23)25)17(20,21)22/h3-6,10H,2,7-8H2,1H3. The predicted octanol–water partition coefficient (Wildman–Crippen LogP) is 4.31. The van der Waals surface area contributed by atoms with E-state index in [1.165, 1.54) is 24.3 Å². The minimum Gasteiger partial charge on any atom is -0.462 e. The number of carbonyl (C=O) groups is 3. The van der Waals surface area contributed by atoms with Gasteiger partial charge in [0.05, 0.1) is 18.2 Å². The van der Waals surface area contributed by atoms with E-state index in [-0.39, 0.29) is 27.9 Å². The maximum Gasteiger partial charge on any atom is 0.392 e. The number of esters is 1. The lowest BCUT2D eigenvalue weighted by Crippen LogP contribution is -2.46. The highest BCUT2D eigenvalue weighted by Gasteiger charge is 2.47. The molecular formula is C17H14Cl2F3NO4. The Morgan fingerprint density at radius 3 is 2.41 bits per heavy atom. The van der Waals surface area contributed by atoms with Crippen LogP contribution in [0.25, 0.3) is 6.08 Å². The Labute approximate surface area is 162 Å². The third kappa shape index (κ3) is 5.01. The lowest BCUT2D eigenvalue weighted by Gasteiger charge is -2.31. The third-order valence-corrected chi connectivity index (χ3v) is 4.40. The summed E-state index contributed by atoms with van der Waals surface area (Å²) in [5, 5.41) is -0.129. The molecule has 0 aromatic heterocycles. The molecule has 0 saturated carbocycles. The zero-order valence-electron chi connectivity index (χ0n) is 14.0. The number of amides is 2. The van der Waals surface area contributed by atoms with Crippen molar-refractivity contribution in [2.45, 2.75) is 25.9 Å². The molecule has 1 saturated heterocycles. The van der Waals surface area contributed by atoms with Gasteiger partial charge >= 0.3 is 12.1 Å². The van der Waals surface area contributed by atoms with Crippen LogP contribution in [0.2, 0.25) is 5.02 Å². The molecule has 0 N–H and O–H groups in total. The van der Waals surface area contributed by atoms with Gasteiger partial charge in [-0.05, 0) is 36.8 Å². The fraction of sp³-hybridized carbons (Fsp3) is 0.353.